The van der Waals surface area contributed by atoms with E-state index in [1.54, 1.807) is 61.5 Å². The molecule has 0 bridgehead atoms. The lowest BCUT2D eigenvalue weighted by molar-refractivity contribution is 0.102. The van der Waals surface area contributed by atoms with Gasteiger partial charge in [0.1, 0.15) is 23.1 Å². The zero-order valence-corrected chi connectivity index (χ0v) is 18.6. The fourth-order valence-corrected chi connectivity index (χ4v) is 3.60. The Labute approximate surface area is 194 Å². The number of benzene rings is 3. The molecule has 166 valence electrons. The normalized spacial score (nSPS) is 10.7. The first-order valence-corrected chi connectivity index (χ1v) is 10.4. The number of hydrogen-bond donors (Lipinski definition) is 1. The number of amides is 1. The molecule has 0 saturated heterocycles. The molecule has 3 aromatic carbocycles. The average Bonchev–Trinajstić information content (AvgIpc) is 2.81. The molecule has 1 heterocycles. The van der Waals surface area contributed by atoms with Crippen LogP contribution in [-0.4, -0.2) is 22.8 Å². The fraction of sp³-hybridized carbons (Fsp3) is 0.0800. The number of methoxy groups -OCH3 is 1. The second kappa shape index (κ2) is 9.26. The van der Waals surface area contributed by atoms with Gasteiger partial charge < -0.3 is 10.1 Å². The number of ether oxygens (including phenoxy) is 1. The second-order valence-corrected chi connectivity index (χ2v) is 7.63. The highest BCUT2D eigenvalue weighted by Crippen LogP contribution is 2.30. The molecule has 4 aromatic rings. The second-order valence-electron chi connectivity index (χ2n) is 7.20. The number of aromatic nitrogens is 2. The number of carbonyl (C=O) groups excluding carboxylic acids is 1. The van der Waals surface area contributed by atoms with E-state index in [2.05, 4.69) is 10.4 Å². The lowest BCUT2D eigenvalue weighted by atomic mass is 10.0. The van der Waals surface area contributed by atoms with Crippen molar-refractivity contribution < 1.29 is 13.9 Å². The van der Waals surface area contributed by atoms with Gasteiger partial charge in [0.05, 0.1) is 23.9 Å². The largest absolute Gasteiger partial charge is 0.497 e. The molecule has 1 N–H and O–H groups in total. The molecule has 0 saturated carbocycles. The Kier molecular flexibility index (Phi) is 6.24. The zero-order valence-electron chi connectivity index (χ0n) is 17.8. The summed E-state index contributed by atoms with van der Waals surface area (Å²) in [6.07, 6.45) is 0. The molecule has 0 spiro atoms. The van der Waals surface area contributed by atoms with E-state index in [0.717, 1.165) is 0 Å². The molecule has 4 rings (SSSR count). The van der Waals surface area contributed by atoms with Gasteiger partial charge >= 0.3 is 0 Å². The van der Waals surface area contributed by atoms with E-state index >= 15 is 0 Å². The number of nitrogens with zero attached hydrogens (tertiary/aromatic N) is 2. The van der Waals surface area contributed by atoms with Gasteiger partial charge in [0, 0.05) is 5.02 Å². The van der Waals surface area contributed by atoms with E-state index in [1.165, 1.54) is 30.0 Å². The van der Waals surface area contributed by atoms with Crippen molar-refractivity contribution in [1.82, 2.24) is 9.78 Å². The van der Waals surface area contributed by atoms with E-state index in [4.69, 9.17) is 16.3 Å². The van der Waals surface area contributed by atoms with Crippen LogP contribution in [-0.2, 0) is 0 Å². The maximum atomic E-state index is 14.3. The average molecular weight is 464 g/mol. The summed E-state index contributed by atoms with van der Waals surface area (Å²) in [4.78, 5) is 26.3. The van der Waals surface area contributed by atoms with Crippen molar-refractivity contribution in [3.63, 3.8) is 0 Å². The van der Waals surface area contributed by atoms with Gasteiger partial charge in [-0.1, -0.05) is 41.9 Å². The quantitative estimate of drug-likeness (QED) is 0.438. The molecular formula is C25H19ClFN3O3. The van der Waals surface area contributed by atoms with Crippen molar-refractivity contribution in [3.8, 4) is 22.6 Å². The molecule has 0 atom stereocenters. The maximum Gasteiger partial charge on any atom is 0.259 e. The molecule has 0 fully saturated rings. The van der Waals surface area contributed by atoms with Crippen molar-refractivity contribution in [2.75, 3.05) is 12.4 Å². The first kappa shape index (κ1) is 22.2. The Hall–Kier alpha value is -3.97. The number of hydrogen-bond acceptors (Lipinski definition) is 4. The highest BCUT2D eigenvalue weighted by Gasteiger charge is 2.22. The van der Waals surface area contributed by atoms with E-state index in [1.807, 2.05) is 0 Å². The molecule has 0 radical (unpaired) electrons. The topological polar surface area (TPSA) is 73.2 Å². The highest BCUT2D eigenvalue weighted by atomic mass is 35.5. The van der Waals surface area contributed by atoms with E-state index in [9.17, 15) is 14.0 Å². The first-order chi connectivity index (χ1) is 15.9. The molecule has 0 aliphatic heterocycles. The fourth-order valence-electron chi connectivity index (χ4n) is 3.42. The summed E-state index contributed by atoms with van der Waals surface area (Å²) < 4.78 is 21.0. The summed E-state index contributed by atoms with van der Waals surface area (Å²) in [5.74, 6) is -0.802. The zero-order chi connectivity index (χ0) is 23.5. The smallest absolute Gasteiger partial charge is 0.259 e. The van der Waals surface area contributed by atoms with Gasteiger partial charge in [-0.25, -0.2) is 9.07 Å². The minimum atomic E-state index is -0.724. The monoisotopic (exact) mass is 463 g/mol. The molecule has 1 aromatic heterocycles. The van der Waals surface area contributed by atoms with Crippen LogP contribution in [0.1, 0.15) is 16.1 Å². The van der Waals surface area contributed by atoms with Crippen LogP contribution in [0.2, 0.25) is 5.02 Å². The predicted molar refractivity (Wildman–Crippen MR) is 126 cm³/mol. The molecule has 0 aliphatic rings. The summed E-state index contributed by atoms with van der Waals surface area (Å²) >= 11 is 6.18. The SMILES string of the molecule is COc1cccc(-c2c(NC(=O)c3ccccc3F)n(-c3cccc(Cl)c3)nc(C)c2=O)c1. The van der Waals surface area contributed by atoms with Crippen LogP contribution in [0.25, 0.3) is 16.8 Å². The van der Waals surface area contributed by atoms with Crippen molar-refractivity contribution >= 4 is 23.3 Å². The van der Waals surface area contributed by atoms with Crippen molar-refractivity contribution in [2.45, 2.75) is 6.92 Å². The lowest BCUT2D eigenvalue weighted by Crippen LogP contribution is -2.25. The molecule has 6 nitrogen and oxygen atoms in total. The molecule has 33 heavy (non-hydrogen) atoms. The van der Waals surface area contributed by atoms with Gasteiger partial charge in [0.15, 0.2) is 0 Å². The summed E-state index contributed by atoms with van der Waals surface area (Å²) in [5.41, 5.74) is 0.857. The first-order valence-electron chi connectivity index (χ1n) is 9.99. The Bertz CT molecular complexity index is 1420. The minimum Gasteiger partial charge on any atom is -0.497 e. The van der Waals surface area contributed by atoms with Gasteiger partial charge in [-0.05, 0) is 55.0 Å². The van der Waals surface area contributed by atoms with Crippen LogP contribution >= 0.6 is 11.6 Å². The number of halogens is 2. The van der Waals surface area contributed by atoms with Crippen molar-refractivity contribution in [1.29, 1.82) is 0 Å². The Balaban J connectivity index is 2.00. The van der Waals surface area contributed by atoms with E-state index in [0.29, 0.717) is 22.0 Å². The molecule has 8 heteroatoms. The molecule has 0 unspecified atom stereocenters. The van der Waals surface area contributed by atoms with Crippen LogP contribution in [0, 0.1) is 12.7 Å². The van der Waals surface area contributed by atoms with Crippen molar-refractivity contribution in [3.05, 3.63) is 105 Å². The van der Waals surface area contributed by atoms with Gasteiger partial charge in [-0.2, -0.15) is 5.10 Å². The highest BCUT2D eigenvalue weighted by molar-refractivity contribution is 6.30. The van der Waals surface area contributed by atoms with Crippen molar-refractivity contribution in [2.24, 2.45) is 0 Å². The van der Waals surface area contributed by atoms with Crippen LogP contribution in [0.5, 0.6) is 5.75 Å². The number of nitrogens with one attached hydrogen (secondary N) is 1. The van der Waals surface area contributed by atoms with Gasteiger partial charge in [-0.3, -0.25) is 9.59 Å². The van der Waals surface area contributed by atoms with Gasteiger partial charge in [0.2, 0.25) is 5.43 Å². The number of carbonyl (C=O) groups is 1. The molecule has 0 aliphatic carbocycles. The van der Waals surface area contributed by atoms with Gasteiger partial charge in [-0.15, -0.1) is 0 Å². The van der Waals surface area contributed by atoms with E-state index < -0.39 is 11.7 Å². The number of anilines is 1. The molecule has 1 amide bonds. The lowest BCUT2D eigenvalue weighted by Gasteiger charge is -2.19. The standard InChI is InChI=1S/C25H19ClFN3O3/c1-15-23(31)22(16-7-5-10-19(13-16)33-2)24(28-25(32)20-11-3-4-12-21(20)27)30(29-15)18-9-6-8-17(26)14-18/h3-14H,1-2H3,(H,28,32). The summed E-state index contributed by atoms with van der Waals surface area (Å²) in [6.45, 7) is 1.58. The summed E-state index contributed by atoms with van der Waals surface area (Å²) in [5, 5.41) is 7.53. The predicted octanol–water partition coefficient (Wildman–Crippen LogP) is 5.26. The maximum absolute atomic E-state index is 14.3. The van der Waals surface area contributed by atoms with E-state index in [-0.39, 0.29) is 28.1 Å². The summed E-state index contributed by atoms with van der Waals surface area (Å²) in [7, 11) is 1.52. The third-order valence-corrected chi connectivity index (χ3v) is 5.25. The summed E-state index contributed by atoms with van der Waals surface area (Å²) in [6, 6.07) is 19.3. The Morgan fingerprint density at radius 2 is 1.82 bits per heavy atom. The Morgan fingerprint density at radius 1 is 1.06 bits per heavy atom. The van der Waals surface area contributed by atoms with Crippen LogP contribution in [0.3, 0.4) is 0 Å². The Morgan fingerprint density at radius 3 is 2.55 bits per heavy atom. The molecular weight excluding hydrogens is 445 g/mol. The number of aryl methyl sites for hydroxylation is 1. The third kappa shape index (κ3) is 4.49. The van der Waals surface area contributed by atoms with Crippen LogP contribution in [0.15, 0.2) is 77.6 Å². The minimum absolute atomic E-state index is 0.0781. The van der Waals surface area contributed by atoms with Crippen LogP contribution < -0.4 is 15.5 Å². The van der Waals surface area contributed by atoms with Gasteiger partial charge in [0.25, 0.3) is 5.91 Å². The third-order valence-electron chi connectivity index (χ3n) is 5.02. The van der Waals surface area contributed by atoms with Crippen LogP contribution in [0.4, 0.5) is 10.2 Å². The number of rotatable bonds is 5.